The molecule has 0 fully saturated rings. The summed E-state index contributed by atoms with van der Waals surface area (Å²) in [7, 11) is 3.70. The zero-order chi connectivity index (χ0) is 33.2. The summed E-state index contributed by atoms with van der Waals surface area (Å²) >= 11 is 0. The zero-order valence-corrected chi connectivity index (χ0v) is 27.4. The molecule has 3 aliphatic rings. The first-order chi connectivity index (χ1) is 22.4. The number of rotatable bonds is 6. The molecule has 3 aromatic heterocycles. The maximum Gasteiger partial charge on any atom is 0.302 e. The Morgan fingerprint density at radius 1 is 1.04 bits per heavy atom. The highest BCUT2D eigenvalue weighted by molar-refractivity contribution is 6.07. The molecule has 1 aromatic carbocycles. The molecule has 0 saturated carbocycles. The van der Waals surface area contributed by atoms with E-state index in [0.29, 0.717) is 47.0 Å². The molecule has 2 aliphatic heterocycles. The molecule has 0 saturated heterocycles. The third-order valence-electron chi connectivity index (χ3n) is 9.52. The second-order valence-corrected chi connectivity index (χ2v) is 13.8. The van der Waals surface area contributed by atoms with Crippen molar-refractivity contribution < 1.29 is 18.7 Å². The van der Waals surface area contributed by atoms with Gasteiger partial charge in [-0.2, -0.15) is 0 Å². The number of aryl methyl sites for hydroxylation is 1. The average Bonchev–Trinajstić information content (AvgIpc) is 3.50. The monoisotopic (exact) mass is 638 g/mol. The van der Waals surface area contributed by atoms with E-state index < -0.39 is 11.8 Å². The lowest BCUT2D eigenvalue weighted by Gasteiger charge is -2.32. The van der Waals surface area contributed by atoms with Crippen LogP contribution in [0, 0.1) is 11.2 Å². The fourth-order valence-corrected chi connectivity index (χ4v) is 7.30. The Labute approximate surface area is 272 Å². The molecule has 0 atom stereocenters. The van der Waals surface area contributed by atoms with Gasteiger partial charge in [-0.15, -0.1) is 0 Å². The van der Waals surface area contributed by atoms with Crippen LogP contribution >= 0.6 is 0 Å². The van der Waals surface area contributed by atoms with Crippen LogP contribution in [0.25, 0.3) is 11.1 Å². The lowest BCUT2D eigenvalue weighted by molar-refractivity contribution is -0.142. The largest absolute Gasteiger partial charge is 0.461 e. The standard InChI is InChI=1S/C36H39FN6O4/c1-21(44)47-20-27-26(24-12-29(34(45)41(5)19-24)39-33-7-6-22-18-40(4)9-8-28(22)38-33)14-25(37)15-30(27)43-11-10-42-31(35(43)46)13-23-16-36(2,3)17-32(23)42/h6-7,12-15,19H,8-11,16-18,20H2,1-5H3,(H,38,39). The molecule has 1 amide bonds. The van der Waals surface area contributed by atoms with Crippen molar-refractivity contribution in [2.75, 3.05) is 30.4 Å². The summed E-state index contributed by atoms with van der Waals surface area (Å²) in [4.78, 5) is 47.9. The van der Waals surface area contributed by atoms with Gasteiger partial charge >= 0.3 is 5.97 Å². The van der Waals surface area contributed by atoms with Crippen LogP contribution in [0.3, 0.4) is 0 Å². The Kier molecular flexibility index (Phi) is 7.54. The second kappa shape index (κ2) is 11.5. The minimum atomic E-state index is -0.552. The van der Waals surface area contributed by atoms with Crippen LogP contribution in [0.4, 0.5) is 21.6 Å². The van der Waals surface area contributed by atoms with Crippen LogP contribution in [0.2, 0.25) is 0 Å². The minimum absolute atomic E-state index is 0.151. The Bertz CT molecular complexity index is 2010. The van der Waals surface area contributed by atoms with Gasteiger partial charge < -0.3 is 29.0 Å². The second-order valence-electron chi connectivity index (χ2n) is 13.8. The number of hydrogen-bond acceptors (Lipinski definition) is 7. The number of hydrogen-bond donors (Lipinski definition) is 1. The van der Waals surface area contributed by atoms with Crippen LogP contribution in [-0.2, 0) is 55.5 Å². The van der Waals surface area contributed by atoms with Gasteiger partial charge in [0.25, 0.3) is 11.5 Å². The van der Waals surface area contributed by atoms with E-state index in [1.165, 1.54) is 34.9 Å². The summed E-state index contributed by atoms with van der Waals surface area (Å²) in [6.07, 6.45) is 4.23. The van der Waals surface area contributed by atoms with E-state index >= 15 is 4.39 Å². The van der Waals surface area contributed by atoms with E-state index in [2.05, 4.69) is 35.7 Å². The first-order valence-corrected chi connectivity index (χ1v) is 16.0. The third kappa shape index (κ3) is 5.73. The first kappa shape index (κ1) is 30.9. The van der Waals surface area contributed by atoms with Crippen molar-refractivity contribution in [3.63, 3.8) is 0 Å². The van der Waals surface area contributed by atoms with E-state index in [9.17, 15) is 14.4 Å². The van der Waals surface area contributed by atoms with Crippen molar-refractivity contribution >= 4 is 29.1 Å². The average molecular weight is 639 g/mol. The number of fused-ring (bicyclic) bond motifs is 4. The van der Waals surface area contributed by atoms with E-state index in [0.717, 1.165) is 43.6 Å². The van der Waals surface area contributed by atoms with Gasteiger partial charge in [0, 0.05) is 75.3 Å². The molecule has 10 nitrogen and oxygen atoms in total. The van der Waals surface area contributed by atoms with Crippen molar-refractivity contribution in [2.24, 2.45) is 12.5 Å². The number of esters is 1. The van der Waals surface area contributed by atoms with Crippen LogP contribution in [0.5, 0.6) is 0 Å². The number of aromatic nitrogens is 3. The first-order valence-electron chi connectivity index (χ1n) is 16.0. The summed E-state index contributed by atoms with van der Waals surface area (Å²) in [5.41, 5.74) is 6.99. The summed E-state index contributed by atoms with van der Waals surface area (Å²) in [6.45, 7) is 8.22. The summed E-state index contributed by atoms with van der Waals surface area (Å²) < 4.78 is 24.6. The van der Waals surface area contributed by atoms with Crippen molar-refractivity contribution in [1.82, 2.24) is 19.0 Å². The van der Waals surface area contributed by atoms with Crippen molar-refractivity contribution in [1.29, 1.82) is 0 Å². The van der Waals surface area contributed by atoms with E-state index in [4.69, 9.17) is 9.72 Å². The van der Waals surface area contributed by atoms with Gasteiger partial charge in [-0.05, 0) is 72.3 Å². The number of carbonyl (C=O) groups excluding carboxylic acids is 2. The van der Waals surface area contributed by atoms with Gasteiger partial charge in [-0.25, -0.2) is 9.37 Å². The van der Waals surface area contributed by atoms with Crippen molar-refractivity contribution in [3.05, 3.63) is 92.5 Å². The fourth-order valence-electron chi connectivity index (χ4n) is 7.30. The number of benzene rings is 1. The van der Waals surface area contributed by atoms with Gasteiger partial charge in [0.05, 0.1) is 5.69 Å². The topological polar surface area (TPSA) is 102 Å². The number of halogens is 1. The lowest BCUT2D eigenvalue weighted by Crippen LogP contribution is -2.41. The molecule has 1 N–H and O–H groups in total. The fraction of sp³-hybridized carbons (Fsp3) is 0.389. The van der Waals surface area contributed by atoms with Crippen LogP contribution in [-0.4, -0.2) is 51.0 Å². The van der Waals surface area contributed by atoms with Crippen molar-refractivity contribution in [3.8, 4) is 11.1 Å². The Hall–Kier alpha value is -4.77. The molecule has 0 radical (unpaired) electrons. The molecule has 5 heterocycles. The Morgan fingerprint density at radius 3 is 2.64 bits per heavy atom. The molecule has 244 valence electrons. The van der Waals surface area contributed by atoms with Gasteiger partial charge in [-0.1, -0.05) is 19.9 Å². The highest BCUT2D eigenvalue weighted by Crippen LogP contribution is 2.41. The normalized spacial score (nSPS) is 16.9. The van der Waals surface area contributed by atoms with E-state index in [1.54, 1.807) is 24.2 Å². The van der Waals surface area contributed by atoms with Gasteiger partial charge in [-0.3, -0.25) is 14.4 Å². The number of nitrogens with one attached hydrogen (secondary N) is 1. The van der Waals surface area contributed by atoms with Crippen molar-refractivity contribution in [2.45, 2.75) is 59.7 Å². The number of ether oxygens (including phenoxy) is 1. The molecule has 0 unspecified atom stereocenters. The number of likely N-dealkylation sites (N-methyl/N-ethyl adjacent to an activating group) is 1. The molecule has 1 aliphatic carbocycles. The molecule has 4 aromatic rings. The minimum Gasteiger partial charge on any atom is -0.461 e. The number of anilines is 3. The molecule has 0 spiro atoms. The zero-order valence-electron chi connectivity index (χ0n) is 27.4. The number of carbonyl (C=O) groups is 2. The van der Waals surface area contributed by atoms with Crippen LogP contribution < -0.4 is 15.8 Å². The lowest BCUT2D eigenvalue weighted by atomic mass is 9.90. The van der Waals surface area contributed by atoms with E-state index in [-0.39, 0.29) is 29.2 Å². The molecular formula is C36H39FN6O4. The number of amides is 1. The van der Waals surface area contributed by atoms with Gasteiger partial charge in [0.2, 0.25) is 0 Å². The molecule has 11 heteroatoms. The van der Waals surface area contributed by atoms with E-state index in [1.807, 2.05) is 18.2 Å². The SMILES string of the molecule is CC(=O)OCc1c(-c2cc(Nc3ccc4c(n3)CCN(C)C4)c(=O)n(C)c2)cc(F)cc1N1CCn2c(cc3c2CC(C)(C)C3)C1=O. The number of pyridine rings is 2. The number of nitrogens with zero attached hydrogens (tertiary/aromatic N) is 5. The third-order valence-corrected chi connectivity index (χ3v) is 9.52. The van der Waals surface area contributed by atoms with Crippen LogP contribution in [0.1, 0.15) is 59.3 Å². The Morgan fingerprint density at radius 2 is 1.85 bits per heavy atom. The maximum atomic E-state index is 15.6. The molecule has 7 rings (SSSR count). The smallest absolute Gasteiger partial charge is 0.302 e. The van der Waals surface area contributed by atoms with Gasteiger partial charge in [0.1, 0.15) is 29.6 Å². The molecule has 47 heavy (non-hydrogen) atoms. The summed E-state index contributed by atoms with van der Waals surface area (Å²) in [5, 5.41) is 3.18. The maximum absolute atomic E-state index is 15.6. The summed E-state index contributed by atoms with van der Waals surface area (Å²) in [6, 6.07) is 10.2. The quantitative estimate of drug-likeness (QED) is 0.298. The molecular weight excluding hydrogens is 599 g/mol. The van der Waals surface area contributed by atoms with Gasteiger partial charge in [0.15, 0.2) is 0 Å². The molecule has 0 bridgehead atoms. The highest BCUT2D eigenvalue weighted by atomic mass is 19.1. The predicted molar refractivity (Wildman–Crippen MR) is 177 cm³/mol. The predicted octanol–water partition coefficient (Wildman–Crippen LogP) is 4.97. The van der Waals surface area contributed by atoms with Crippen LogP contribution in [0.15, 0.2) is 47.4 Å². The highest BCUT2D eigenvalue weighted by Gasteiger charge is 2.37. The Balaban J connectivity index is 1.28. The summed E-state index contributed by atoms with van der Waals surface area (Å²) in [5.74, 6) is -0.739.